The molecule has 0 unspecified atom stereocenters. The van der Waals surface area contributed by atoms with Crippen LogP contribution in [0.15, 0.2) is 47.9 Å². The Labute approximate surface area is 190 Å². The molecule has 1 aromatic heterocycles. The summed E-state index contributed by atoms with van der Waals surface area (Å²) in [5.41, 5.74) is 1.38. The zero-order chi connectivity index (χ0) is 24.0. The van der Waals surface area contributed by atoms with Crippen molar-refractivity contribution in [2.24, 2.45) is 0 Å². The Bertz CT molecular complexity index is 1200. The lowest BCUT2D eigenvalue weighted by atomic mass is 10.1. The summed E-state index contributed by atoms with van der Waals surface area (Å²) >= 11 is 1.11. The molecule has 0 atom stereocenters. The summed E-state index contributed by atoms with van der Waals surface area (Å²) in [4.78, 5) is 27.5. The molecule has 0 aliphatic carbocycles. The van der Waals surface area contributed by atoms with E-state index in [9.17, 15) is 22.8 Å². The largest absolute Gasteiger partial charge is 0.493 e. The van der Waals surface area contributed by atoms with Crippen LogP contribution in [0.2, 0.25) is 0 Å². The summed E-state index contributed by atoms with van der Waals surface area (Å²) in [6.45, 7) is -1.67. The highest BCUT2D eigenvalue weighted by atomic mass is 32.1. The van der Waals surface area contributed by atoms with Gasteiger partial charge in [0, 0.05) is 29.6 Å². The van der Waals surface area contributed by atoms with Crippen LogP contribution in [0.5, 0.6) is 11.5 Å². The SMILES string of the molecule is COc1cc(/C=C/C(=O)Nc2nc(-c3ccc(NC(C)=O)cc3F)cs2)ccc1OC(F)F. The lowest BCUT2D eigenvalue weighted by Crippen LogP contribution is -2.07. The summed E-state index contributed by atoms with van der Waals surface area (Å²) in [5, 5.41) is 6.90. The lowest BCUT2D eigenvalue weighted by Gasteiger charge is -2.10. The number of ether oxygens (including phenoxy) is 2. The van der Waals surface area contributed by atoms with Crippen molar-refractivity contribution < 1.29 is 32.2 Å². The molecule has 0 radical (unpaired) electrons. The van der Waals surface area contributed by atoms with Gasteiger partial charge >= 0.3 is 6.61 Å². The second-order valence-corrected chi connectivity index (χ2v) is 7.38. The van der Waals surface area contributed by atoms with E-state index < -0.39 is 18.3 Å². The number of amides is 2. The van der Waals surface area contributed by atoms with E-state index in [0.717, 1.165) is 11.3 Å². The van der Waals surface area contributed by atoms with Crippen LogP contribution in [-0.4, -0.2) is 30.5 Å². The zero-order valence-corrected chi connectivity index (χ0v) is 18.2. The molecular weight excluding hydrogens is 459 g/mol. The van der Waals surface area contributed by atoms with Crippen molar-refractivity contribution in [3.63, 3.8) is 0 Å². The van der Waals surface area contributed by atoms with Gasteiger partial charge in [-0.1, -0.05) is 6.07 Å². The number of carbonyl (C=O) groups excluding carboxylic acids is 2. The van der Waals surface area contributed by atoms with Gasteiger partial charge in [-0.2, -0.15) is 8.78 Å². The molecule has 0 bridgehead atoms. The zero-order valence-electron chi connectivity index (χ0n) is 17.4. The minimum atomic E-state index is -2.99. The van der Waals surface area contributed by atoms with Crippen molar-refractivity contribution in [3.05, 3.63) is 59.2 Å². The Morgan fingerprint density at radius 3 is 2.58 bits per heavy atom. The van der Waals surface area contributed by atoms with Crippen molar-refractivity contribution in [1.29, 1.82) is 0 Å². The summed E-state index contributed by atoms with van der Waals surface area (Å²) in [6, 6.07) is 8.45. The van der Waals surface area contributed by atoms with E-state index in [0.29, 0.717) is 16.9 Å². The highest BCUT2D eigenvalue weighted by molar-refractivity contribution is 7.14. The number of benzene rings is 2. The third kappa shape index (κ3) is 6.56. The highest BCUT2D eigenvalue weighted by Crippen LogP contribution is 2.30. The lowest BCUT2D eigenvalue weighted by molar-refractivity contribution is -0.114. The molecule has 2 N–H and O–H groups in total. The first-order valence-electron chi connectivity index (χ1n) is 9.40. The Morgan fingerprint density at radius 1 is 1.12 bits per heavy atom. The van der Waals surface area contributed by atoms with Gasteiger partial charge in [0.15, 0.2) is 16.6 Å². The van der Waals surface area contributed by atoms with E-state index in [-0.39, 0.29) is 28.1 Å². The standard InChI is InChI=1S/C22H18F3N3O4S/c1-12(29)26-14-5-6-15(16(23)10-14)17-11-33-22(27-17)28-20(30)8-4-13-3-7-18(32-21(24)25)19(9-13)31-2/h3-11,21H,1-2H3,(H,26,29)(H,27,28,30)/b8-4+. The van der Waals surface area contributed by atoms with E-state index in [1.165, 1.54) is 56.5 Å². The van der Waals surface area contributed by atoms with Gasteiger partial charge in [-0.15, -0.1) is 11.3 Å². The van der Waals surface area contributed by atoms with Gasteiger partial charge in [-0.05, 0) is 42.0 Å². The summed E-state index contributed by atoms with van der Waals surface area (Å²) in [5.74, 6) is -1.41. The van der Waals surface area contributed by atoms with Crippen LogP contribution < -0.4 is 20.1 Å². The number of aromatic nitrogens is 1. The van der Waals surface area contributed by atoms with E-state index in [1.54, 1.807) is 11.4 Å². The average molecular weight is 477 g/mol. The first kappa shape index (κ1) is 23.8. The highest BCUT2D eigenvalue weighted by Gasteiger charge is 2.13. The monoisotopic (exact) mass is 477 g/mol. The quantitative estimate of drug-likeness (QED) is 0.437. The minimum Gasteiger partial charge on any atom is -0.493 e. The first-order chi connectivity index (χ1) is 15.7. The van der Waals surface area contributed by atoms with Crippen LogP contribution in [0.1, 0.15) is 12.5 Å². The molecule has 2 amide bonds. The fourth-order valence-electron chi connectivity index (χ4n) is 2.76. The van der Waals surface area contributed by atoms with Crippen LogP contribution in [0.25, 0.3) is 17.3 Å². The van der Waals surface area contributed by atoms with Gasteiger partial charge in [-0.25, -0.2) is 9.37 Å². The number of methoxy groups -OCH3 is 1. The molecule has 0 aliphatic rings. The van der Waals surface area contributed by atoms with Gasteiger partial charge in [0.25, 0.3) is 0 Å². The fraction of sp³-hybridized carbons (Fsp3) is 0.136. The van der Waals surface area contributed by atoms with Crippen molar-refractivity contribution in [2.45, 2.75) is 13.5 Å². The predicted molar refractivity (Wildman–Crippen MR) is 119 cm³/mol. The summed E-state index contributed by atoms with van der Waals surface area (Å²) in [7, 11) is 1.31. The second-order valence-electron chi connectivity index (χ2n) is 6.53. The number of halogens is 3. The third-order valence-corrected chi connectivity index (χ3v) is 4.89. The molecule has 3 rings (SSSR count). The number of nitrogens with one attached hydrogen (secondary N) is 2. The molecule has 0 fully saturated rings. The van der Waals surface area contributed by atoms with E-state index >= 15 is 0 Å². The smallest absolute Gasteiger partial charge is 0.387 e. The van der Waals surface area contributed by atoms with Gasteiger partial charge in [-0.3, -0.25) is 14.9 Å². The van der Waals surface area contributed by atoms with Crippen LogP contribution in [0.4, 0.5) is 24.0 Å². The van der Waals surface area contributed by atoms with Gasteiger partial charge in [0.1, 0.15) is 5.82 Å². The maximum atomic E-state index is 14.4. The summed E-state index contributed by atoms with van der Waals surface area (Å²) < 4.78 is 48.6. The summed E-state index contributed by atoms with van der Waals surface area (Å²) in [6.07, 6.45) is 2.69. The Kier molecular flexibility index (Phi) is 7.67. The number of hydrogen-bond donors (Lipinski definition) is 2. The first-order valence-corrected chi connectivity index (χ1v) is 10.3. The average Bonchev–Trinajstić information content (AvgIpc) is 3.20. The molecule has 3 aromatic rings. The normalized spacial score (nSPS) is 11.0. The number of thiazole rings is 1. The molecule has 172 valence electrons. The Hall–Kier alpha value is -3.86. The second kappa shape index (κ2) is 10.6. The molecule has 0 aliphatic heterocycles. The van der Waals surface area contributed by atoms with Crippen LogP contribution in [-0.2, 0) is 9.59 Å². The topological polar surface area (TPSA) is 89.5 Å². The number of rotatable bonds is 8. The Balaban J connectivity index is 1.66. The molecule has 33 heavy (non-hydrogen) atoms. The molecule has 11 heteroatoms. The Morgan fingerprint density at radius 2 is 1.91 bits per heavy atom. The minimum absolute atomic E-state index is 0.0916. The molecule has 2 aromatic carbocycles. The third-order valence-electron chi connectivity index (χ3n) is 4.13. The van der Waals surface area contributed by atoms with Crippen molar-refractivity contribution in [1.82, 2.24) is 4.98 Å². The maximum absolute atomic E-state index is 14.4. The van der Waals surface area contributed by atoms with E-state index in [2.05, 4.69) is 20.4 Å². The molecule has 7 nitrogen and oxygen atoms in total. The fourth-order valence-corrected chi connectivity index (χ4v) is 3.47. The molecule has 0 saturated heterocycles. The maximum Gasteiger partial charge on any atom is 0.387 e. The predicted octanol–water partition coefficient (Wildman–Crippen LogP) is 5.17. The molecule has 0 spiro atoms. The van der Waals surface area contributed by atoms with Crippen molar-refractivity contribution in [3.8, 4) is 22.8 Å². The molecule has 1 heterocycles. The number of nitrogens with zero attached hydrogens (tertiary/aromatic N) is 1. The van der Waals surface area contributed by atoms with Gasteiger partial charge in [0.05, 0.1) is 12.8 Å². The van der Waals surface area contributed by atoms with Crippen molar-refractivity contribution in [2.75, 3.05) is 17.7 Å². The van der Waals surface area contributed by atoms with Gasteiger partial charge < -0.3 is 14.8 Å². The van der Waals surface area contributed by atoms with E-state index in [1.807, 2.05) is 0 Å². The number of alkyl halides is 2. The number of hydrogen-bond acceptors (Lipinski definition) is 6. The van der Waals surface area contributed by atoms with Gasteiger partial charge in [0.2, 0.25) is 11.8 Å². The number of anilines is 2. The van der Waals surface area contributed by atoms with E-state index in [4.69, 9.17) is 4.74 Å². The van der Waals surface area contributed by atoms with Crippen molar-refractivity contribution >= 4 is 40.0 Å². The molecular formula is C22H18F3N3O4S. The van der Waals surface area contributed by atoms with Crippen LogP contribution in [0.3, 0.4) is 0 Å². The number of carbonyl (C=O) groups is 2. The molecule has 0 saturated carbocycles. The van der Waals surface area contributed by atoms with Crippen LogP contribution in [0, 0.1) is 5.82 Å². The van der Waals surface area contributed by atoms with Crippen LogP contribution >= 0.6 is 11.3 Å².